The van der Waals surface area contributed by atoms with Crippen molar-refractivity contribution in [3.8, 4) is 0 Å². The molecule has 2 N–H and O–H groups in total. The number of hydrogen-bond acceptors (Lipinski definition) is 7. The lowest BCUT2D eigenvalue weighted by Crippen LogP contribution is -2.48. The van der Waals surface area contributed by atoms with Gasteiger partial charge in [0.2, 0.25) is 5.91 Å². The number of anilines is 1. The van der Waals surface area contributed by atoms with Crippen LogP contribution < -0.4 is 10.6 Å². The maximum Gasteiger partial charge on any atom is 0.420 e. The van der Waals surface area contributed by atoms with Gasteiger partial charge < -0.3 is 20.1 Å². The van der Waals surface area contributed by atoms with Crippen LogP contribution in [-0.4, -0.2) is 73.2 Å². The number of nitrogens with zero attached hydrogens (tertiary/aromatic N) is 4. The van der Waals surface area contributed by atoms with Crippen molar-refractivity contribution in [2.75, 3.05) is 45.2 Å². The van der Waals surface area contributed by atoms with E-state index in [1.54, 1.807) is 18.1 Å². The molecular formula is C24H33N5O4. The third kappa shape index (κ3) is 5.26. The van der Waals surface area contributed by atoms with Crippen LogP contribution >= 0.6 is 0 Å². The second-order valence-corrected chi connectivity index (χ2v) is 8.93. The summed E-state index contributed by atoms with van der Waals surface area (Å²) < 4.78 is 11.2. The van der Waals surface area contributed by atoms with Crippen LogP contribution in [0.3, 0.4) is 0 Å². The van der Waals surface area contributed by atoms with Crippen molar-refractivity contribution in [1.29, 1.82) is 0 Å². The van der Waals surface area contributed by atoms with Gasteiger partial charge in [0.15, 0.2) is 0 Å². The summed E-state index contributed by atoms with van der Waals surface area (Å²) >= 11 is 0. The lowest BCUT2D eigenvalue weighted by molar-refractivity contribution is -0.136. The molecule has 0 bridgehead atoms. The first kappa shape index (κ1) is 23.4. The number of allylic oxidation sites excluding steroid dienone is 1. The van der Waals surface area contributed by atoms with E-state index in [1.807, 2.05) is 35.9 Å². The average molecular weight is 456 g/mol. The van der Waals surface area contributed by atoms with E-state index in [-0.39, 0.29) is 18.1 Å². The Labute approximate surface area is 194 Å². The topological polar surface area (TPSA) is 101 Å². The number of piperazine rings is 1. The maximum absolute atomic E-state index is 13.0. The molecule has 2 aliphatic heterocycles. The largest absolute Gasteiger partial charge is 0.420 e. The van der Waals surface area contributed by atoms with Crippen molar-refractivity contribution >= 4 is 17.8 Å². The molecule has 9 nitrogen and oxygen atoms in total. The standard InChI is InChI=1S/C24H33N5O4/c1-16(32-3)22-18(14-28-12-11-27(2)15-21(28)30)13-17-5-4-10-29(23(17)26-22)24(31)33-20-8-6-19(25)7-9-20/h6,8-9,13,16,19H,4-5,7,10-12,14-15,25H2,1-3H3. The van der Waals surface area contributed by atoms with E-state index in [0.29, 0.717) is 44.2 Å². The number of aromatic nitrogens is 1. The second-order valence-electron chi connectivity index (χ2n) is 8.93. The van der Waals surface area contributed by atoms with Crippen LogP contribution in [0.4, 0.5) is 10.6 Å². The number of rotatable bonds is 5. The number of hydrogen-bond donors (Lipinski definition) is 1. The Hall–Kier alpha value is -2.75. The van der Waals surface area contributed by atoms with Crippen molar-refractivity contribution in [3.63, 3.8) is 0 Å². The molecule has 3 heterocycles. The number of methoxy groups -OCH3 is 1. The highest BCUT2D eigenvalue weighted by Gasteiger charge is 2.30. The Bertz CT molecular complexity index is 976. The molecule has 178 valence electrons. The van der Waals surface area contributed by atoms with Gasteiger partial charge in [-0.2, -0.15) is 0 Å². The summed E-state index contributed by atoms with van der Waals surface area (Å²) in [4.78, 5) is 35.9. The summed E-state index contributed by atoms with van der Waals surface area (Å²) in [6.45, 7) is 4.88. The molecule has 2 atom stereocenters. The number of carbonyl (C=O) groups excluding carboxylic acids is 2. The molecule has 1 aromatic heterocycles. The van der Waals surface area contributed by atoms with Crippen LogP contribution in [0.15, 0.2) is 30.1 Å². The maximum atomic E-state index is 13.0. The van der Waals surface area contributed by atoms with Crippen molar-refractivity contribution in [2.45, 2.75) is 44.9 Å². The van der Waals surface area contributed by atoms with E-state index < -0.39 is 6.09 Å². The number of pyridine rings is 1. The third-order valence-electron chi connectivity index (χ3n) is 6.41. The summed E-state index contributed by atoms with van der Waals surface area (Å²) in [6.07, 6.45) is 6.93. The van der Waals surface area contributed by atoms with Gasteiger partial charge in [0.1, 0.15) is 11.6 Å². The zero-order chi connectivity index (χ0) is 23.5. The molecule has 1 aliphatic carbocycles. The molecule has 4 rings (SSSR count). The molecule has 2 unspecified atom stereocenters. The van der Waals surface area contributed by atoms with Gasteiger partial charge in [-0.15, -0.1) is 0 Å². The van der Waals surface area contributed by atoms with E-state index >= 15 is 0 Å². The van der Waals surface area contributed by atoms with Gasteiger partial charge in [0.05, 0.1) is 18.3 Å². The van der Waals surface area contributed by atoms with Crippen LogP contribution in [0.1, 0.15) is 42.7 Å². The fourth-order valence-electron chi connectivity index (χ4n) is 4.37. The highest BCUT2D eigenvalue weighted by Crippen LogP contribution is 2.32. The highest BCUT2D eigenvalue weighted by atomic mass is 16.6. The number of fused-ring (bicyclic) bond motifs is 1. The summed E-state index contributed by atoms with van der Waals surface area (Å²) in [5.41, 5.74) is 8.54. The third-order valence-corrected chi connectivity index (χ3v) is 6.41. The van der Waals surface area contributed by atoms with Crippen LogP contribution in [0.2, 0.25) is 0 Å². The number of carbonyl (C=O) groups is 2. The molecule has 0 aromatic carbocycles. The minimum atomic E-state index is -0.451. The second kappa shape index (κ2) is 10.0. The minimum Gasteiger partial charge on any atom is -0.410 e. The summed E-state index contributed by atoms with van der Waals surface area (Å²) in [5.74, 6) is 1.22. The molecular weight excluding hydrogens is 422 g/mol. The van der Waals surface area contributed by atoms with Crippen LogP contribution in [-0.2, 0) is 27.2 Å². The zero-order valence-corrected chi connectivity index (χ0v) is 19.6. The Morgan fingerprint density at radius 3 is 2.85 bits per heavy atom. The SMILES string of the molecule is COC(C)c1nc2c(cc1CN1CCN(C)CC1=O)CCCN2C(=O)OC1=CCC(N)C=C1. The van der Waals surface area contributed by atoms with E-state index in [0.717, 1.165) is 36.2 Å². The Morgan fingerprint density at radius 1 is 1.33 bits per heavy atom. The van der Waals surface area contributed by atoms with Gasteiger partial charge in [-0.3, -0.25) is 14.6 Å². The Balaban J connectivity index is 1.60. The smallest absolute Gasteiger partial charge is 0.410 e. The van der Waals surface area contributed by atoms with E-state index in [4.69, 9.17) is 20.2 Å². The molecule has 0 radical (unpaired) electrons. The molecule has 0 saturated carbocycles. The summed E-state index contributed by atoms with van der Waals surface area (Å²) in [5, 5.41) is 0. The molecule has 2 amide bonds. The average Bonchev–Trinajstić information content (AvgIpc) is 2.81. The first-order valence-electron chi connectivity index (χ1n) is 11.5. The summed E-state index contributed by atoms with van der Waals surface area (Å²) in [7, 11) is 3.59. The van der Waals surface area contributed by atoms with Gasteiger partial charge in [0.25, 0.3) is 0 Å². The number of ether oxygens (including phenoxy) is 2. The van der Waals surface area contributed by atoms with E-state index in [1.165, 1.54) is 0 Å². The van der Waals surface area contributed by atoms with E-state index in [9.17, 15) is 9.59 Å². The minimum absolute atomic E-state index is 0.0477. The normalized spacial score (nSPS) is 22.1. The molecule has 1 fully saturated rings. The van der Waals surface area contributed by atoms with E-state index in [2.05, 4.69) is 6.07 Å². The van der Waals surface area contributed by atoms with Gasteiger partial charge in [0, 0.05) is 39.3 Å². The first-order valence-corrected chi connectivity index (χ1v) is 11.5. The van der Waals surface area contributed by atoms with Crippen molar-refractivity contribution in [1.82, 2.24) is 14.8 Å². The summed E-state index contributed by atoms with van der Waals surface area (Å²) in [6, 6.07) is 2.03. The van der Waals surface area contributed by atoms with Gasteiger partial charge in [-0.25, -0.2) is 9.78 Å². The van der Waals surface area contributed by atoms with Gasteiger partial charge in [-0.05, 0) is 62.6 Å². The van der Waals surface area contributed by atoms with Crippen LogP contribution in [0, 0.1) is 0 Å². The number of amides is 2. The molecule has 1 saturated heterocycles. The zero-order valence-electron chi connectivity index (χ0n) is 19.6. The predicted molar refractivity (Wildman–Crippen MR) is 125 cm³/mol. The number of aryl methyl sites for hydroxylation is 1. The van der Waals surface area contributed by atoms with Crippen molar-refractivity contribution in [3.05, 3.63) is 46.9 Å². The number of nitrogens with two attached hydrogens (primary N) is 1. The molecule has 1 aromatic rings. The highest BCUT2D eigenvalue weighted by molar-refractivity contribution is 5.89. The first-order chi connectivity index (χ1) is 15.9. The van der Waals surface area contributed by atoms with Gasteiger partial charge >= 0.3 is 6.09 Å². The Morgan fingerprint density at radius 2 is 2.15 bits per heavy atom. The lowest BCUT2D eigenvalue weighted by atomic mass is 10.00. The molecule has 9 heteroatoms. The fraction of sp³-hybridized carbons (Fsp3) is 0.542. The quantitative estimate of drug-likeness (QED) is 0.726. The van der Waals surface area contributed by atoms with Crippen molar-refractivity contribution < 1.29 is 19.1 Å². The Kier molecular flexibility index (Phi) is 7.11. The number of likely N-dealkylation sites (N-methyl/N-ethyl adjacent to an activating group) is 1. The molecule has 3 aliphatic rings. The van der Waals surface area contributed by atoms with Gasteiger partial charge in [-0.1, -0.05) is 6.08 Å². The van der Waals surface area contributed by atoms with Crippen LogP contribution in [0.5, 0.6) is 0 Å². The fourth-order valence-corrected chi connectivity index (χ4v) is 4.37. The molecule has 33 heavy (non-hydrogen) atoms. The molecule has 0 spiro atoms. The monoisotopic (exact) mass is 455 g/mol. The predicted octanol–water partition coefficient (Wildman–Crippen LogP) is 2.12. The lowest BCUT2D eigenvalue weighted by Gasteiger charge is -2.34. The van der Waals surface area contributed by atoms with Crippen LogP contribution in [0.25, 0.3) is 0 Å². The van der Waals surface area contributed by atoms with Crippen molar-refractivity contribution in [2.24, 2.45) is 5.73 Å².